The summed E-state index contributed by atoms with van der Waals surface area (Å²) < 4.78 is 5.10. The highest BCUT2D eigenvalue weighted by Gasteiger charge is 2.14. The minimum absolute atomic E-state index is 0. The van der Waals surface area contributed by atoms with E-state index in [1.807, 2.05) is 18.2 Å². The summed E-state index contributed by atoms with van der Waals surface area (Å²) in [4.78, 5) is 3.97. The summed E-state index contributed by atoms with van der Waals surface area (Å²) in [5.41, 5.74) is 0.938. The molecule has 0 saturated carbocycles. The standard InChI is InChI=1S/C6H6ClN.C5H10ClNO.ClH/c7-5-6-3-1-2-4-8-6;1-4-2-8-3-5(6)7-4;/h1-4H,5H2;4-5,7H,2-3H2,1H3;1H. The monoisotopic (exact) mass is 298 g/mol. The Balaban J connectivity index is 0.000000284. The lowest BCUT2D eigenvalue weighted by Gasteiger charge is -2.24. The van der Waals surface area contributed by atoms with Gasteiger partial charge in [0.2, 0.25) is 0 Å². The van der Waals surface area contributed by atoms with Gasteiger partial charge in [0.25, 0.3) is 0 Å². The highest BCUT2D eigenvalue weighted by molar-refractivity contribution is 6.20. The summed E-state index contributed by atoms with van der Waals surface area (Å²) in [6, 6.07) is 6.10. The van der Waals surface area contributed by atoms with Gasteiger partial charge in [0.15, 0.2) is 0 Å². The van der Waals surface area contributed by atoms with Gasteiger partial charge in [-0.05, 0) is 19.1 Å². The lowest BCUT2D eigenvalue weighted by atomic mass is 10.3. The van der Waals surface area contributed by atoms with Crippen molar-refractivity contribution in [3.63, 3.8) is 0 Å². The number of halogens is 3. The lowest BCUT2D eigenvalue weighted by molar-refractivity contribution is 0.0718. The predicted molar refractivity (Wildman–Crippen MR) is 74.1 cm³/mol. The van der Waals surface area contributed by atoms with Crippen LogP contribution in [0.3, 0.4) is 0 Å². The van der Waals surface area contributed by atoms with Crippen molar-refractivity contribution in [1.82, 2.24) is 10.3 Å². The Morgan fingerprint density at radius 1 is 1.47 bits per heavy atom. The summed E-state index contributed by atoms with van der Waals surface area (Å²) in [6.07, 6.45) is 1.73. The Hall–Kier alpha value is -0.0600. The van der Waals surface area contributed by atoms with Crippen LogP contribution in [0.25, 0.3) is 0 Å². The second kappa shape index (κ2) is 9.92. The predicted octanol–water partition coefficient (Wildman–Crippen LogP) is 2.80. The van der Waals surface area contributed by atoms with E-state index in [2.05, 4.69) is 17.2 Å². The molecule has 2 unspecified atom stereocenters. The molecule has 1 aromatic rings. The van der Waals surface area contributed by atoms with Crippen LogP contribution < -0.4 is 5.32 Å². The van der Waals surface area contributed by atoms with Crippen molar-refractivity contribution < 1.29 is 4.74 Å². The average Bonchev–Trinajstić information content (AvgIpc) is 2.31. The highest BCUT2D eigenvalue weighted by atomic mass is 35.5. The maximum Gasteiger partial charge on any atom is 0.106 e. The molecule has 0 radical (unpaired) electrons. The van der Waals surface area contributed by atoms with Crippen molar-refractivity contribution in [2.45, 2.75) is 24.3 Å². The van der Waals surface area contributed by atoms with E-state index in [9.17, 15) is 0 Å². The molecule has 0 aromatic carbocycles. The average molecular weight is 300 g/mol. The normalized spacial score (nSPS) is 23.0. The molecule has 98 valence electrons. The van der Waals surface area contributed by atoms with Crippen LogP contribution in [0.5, 0.6) is 0 Å². The van der Waals surface area contributed by atoms with Gasteiger partial charge >= 0.3 is 0 Å². The molecular weight excluding hydrogens is 282 g/mol. The highest BCUT2D eigenvalue weighted by Crippen LogP contribution is 2.01. The Morgan fingerprint density at radius 3 is 2.59 bits per heavy atom. The Kier molecular flexibility index (Phi) is 9.88. The van der Waals surface area contributed by atoms with Gasteiger partial charge < -0.3 is 4.74 Å². The first kappa shape index (κ1) is 16.9. The van der Waals surface area contributed by atoms with Gasteiger partial charge in [-0.2, -0.15) is 0 Å². The molecule has 17 heavy (non-hydrogen) atoms. The van der Waals surface area contributed by atoms with E-state index in [0.29, 0.717) is 18.5 Å². The third kappa shape index (κ3) is 7.79. The smallest absolute Gasteiger partial charge is 0.106 e. The van der Waals surface area contributed by atoms with Crippen molar-refractivity contribution in [2.24, 2.45) is 0 Å². The van der Waals surface area contributed by atoms with Crippen LogP contribution in [0, 0.1) is 0 Å². The van der Waals surface area contributed by atoms with Crippen molar-refractivity contribution in [2.75, 3.05) is 13.2 Å². The molecule has 3 nitrogen and oxygen atoms in total. The fraction of sp³-hybridized carbons (Fsp3) is 0.545. The van der Waals surface area contributed by atoms with Crippen LogP contribution in [0.15, 0.2) is 24.4 Å². The number of nitrogens with zero attached hydrogens (tertiary/aromatic N) is 1. The number of morpholine rings is 1. The number of rotatable bonds is 1. The third-order valence-electron chi connectivity index (χ3n) is 1.96. The quantitative estimate of drug-likeness (QED) is 0.639. The van der Waals surface area contributed by atoms with E-state index in [1.54, 1.807) is 6.20 Å². The van der Waals surface area contributed by atoms with Crippen molar-refractivity contribution >= 4 is 35.6 Å². The lowest BCUT2D eigenvalue weighted by Crippen LogP contribution is -2.44. The zero-order valence-electron chi connectivity index (χ0n) is 9.61. The molecule has 1 saturated heterocycles. The van der Waals surface area contributed by atoms with Gasteiger partial charge in [-0.25, -0.2) is 0 Å². The van der Waals surface area contributed by atoms with Gasteiger partial charge in [0.05, 0.1) is 24.8 Å². The minimum Gasteiger partial charge on any atom is -0.377 e. The number of hydrogen-bond donors (Lipinski definition) is 1. The number of aromatic nitrogens is 1. The van der Waals surface area contributed by atoms with Crippen LogP contribution >= 0.6 is 35.6 Å². The van der Waals surface area contributed by atoms with E-state index in [1.165, 1.54) is 0 Å². The number of pyridine rings is 1. The molecule has 2 atom stereocenters. The molecule has 1 aliphatic rings. The van der Waals surface area contributed by atoms with Gasteiger partial charge in [-0.1, -0.05) is 6.07 Å². The number of ether oxygens (including phenoxy) is 1. The fourth-order valence-electron chi connectivity index (χ4n) is 1.23. The van der Waals surface area contributed by atoms with Gasteiger partial charge in [-0.3, -0.25) is 10.3 Å². The summed E-state index contributed by atoms with van der Waals surface area (Å²) in [5, 5.41) is 3.12. The summed E-state index contributed by atoms with van der Waals surface area (Å²) >= 11 is 11.1. The summed E-state index contributed by atoms with van der Waals surface area (Å²) in [6.45, 7) is 3.46. The molecule has 1 N–H and O–H groups in total. The first-order valence-corrected chi connectivity index (χ1v) is 6.13. The van der Waals surface area contributed by atoms with Crippen LogP contribution in [-0.2, 0) is 10.6 Å². The molecule has 0 spiro atoms. The van der Waals surface area contributed by atoms with Crippen LogP contribution in [0.2, 0.25) is 0 Å². The molecule has 0 amide bonds. The maximum atomic E-state index is 5.68. The molecule has 0 bridgehead atoms. The van der Waals surface area contributed by atoms with Crippen LogP contribution in [0.1, 0.15) is 12.6 Å². The second-order valence-corrected chi connectivity index (χ2v) is 4.32. The second-order valence-electron chi connectivity index (χ2n) is 3.53. The van der Waals surface area contributed by atoms with Gasteiger partial charge in [0, 0.05) is 12.2 Å². The molecule has 1 aliphatic heterocycles. The molecule has 0 aliphatic carbocycles. The molecule has 1 aromatic heterocycles. The van der Waals surface area contributed by atoms with Crippen LogP contribution in [0.4, 0.5) is 0 Å². The first-order chi connectivity index (χ1) is 7.72. The molecule has 1 fully saturated rings. The molecule has 2 rings (SSSR count). The van der Waals surface area contributed by atoms with Crippen molar-refractivity contribution in [3.05, 3.63) is 30.1 Å². The van der Waals surface area contributed by atoms with E-state index in [-0.39, 0.29) is 17.9 Å². The van der Waals surface area contributed by atoms with E-state index in [4.69, 9.17) is 27.9 Å². The number of alkyl halides is 2. The largest absolute Gasteiger partial charge is 0.377 e. The van der Waals surface area contributed by atoms with Crippen molar-refractivity contribution in [3.8, 4) is 0 Å². The van der Waals surface area contributed by atoms with E-state index >= 15 is 0 Å². The van der Waals surface area contributed by atoms with Crippen molar-refractivity contribution in [1.29, 1.82) is 0 Å². The molecule has 2 heterocycles. The van der Waals surface area contributed by atoms with Crippen LogP contribution in [-0.4, -0.2) is 29.7 Å². The Bertz CT molecular complexity index is 279. The third-order valence-corrected chi connectivity index (χ3v) is 2.49. The summed E-state index contributed by atoms with van der Waals surface area (Å²) in [5.74, 6) is 0.501. The zero-order chi connectivity index (χ0) is 11.8. The summed E-state index contributed by atoms with van der Waals surface area (Å²) in [7, 11) is 0. The van der Waals surface area contributed by atoms with Gasteiger partial charge in [-0.15, -0.1) is 35.6 Å². The fourth-order valence-corrected chi connectivity index (χ4v) is 1.69. The van der Waals surface area contributed by atoms with E-state index in [0.717, 1.165) is 12.3 Å². The number of hydrogen-bond acceptors (Lipinski definition) is 3. The maximum absolute atomic E-state index is 5.68. The SMILES string of the molecule is CC1COCC(Cl)N1.Cl.ClCc1ccccn1. The zero-order valence-corrected chi connectivity index (χ0v) is 11.9. The van der Waals surface area contributed by atoms with Gasteiger partial charge in [0.1, 0.15) is 5.50 Å². The van der Waals surface area contributed by atoms with E-state index < -0.39 is 0 Å². The minimum atomic E-state index is 0. The number of nitrogens with one attached hydrogen (secondary N) is 1. The topological polar surface area (TPSA) is 34.1 Å². The first-order valence-electron chi connectivity index (χ1n) is 5.16. The Morgan fingerprint density at radius 2 is 2.24 bits per heavy atom. The molecule has 6 heteroatoms. The Labute approximate surface area is 118 Å². The molecular formula is C11H17Cl3N2O.